The maximum atomic E-state index is 11.9. The second-order valence-corrected chi connectivity index (χ2v) is 28.2. The molecule has 0 heterocycles. The molecule has 0 fully saturated rings. The van der Waals surface area contributed by atoms with Gasteiger partial charge < -0.3 is 19.7 Å². The minimum absolute atomic E-state index is 0.286. The minimum atomic E-state index is -0.623. The van der Waals surface area contributed by atoms with E-state index in [1.807, 2.05) is 0 Å². The van der Waals surface area contributed by atoms with Gasteiger partial charge in [0.2, 0.25) is 0 Å². The van der Waals surface area contributed by atoms with Crippen molar-refractivity contribution >= 4 is 34.5 Å². The van der Waals surface area contributed by atoms with Crippen LogP contribution in [0.15, 0.2) is 24.3 Å². The third-order valence-corrected chi connectivity index (χ3v) is 16.5. The number of unbranched alkanes of at least 4 members (excludes halogenated alkanes) is 26. The molecular weight excluding hydrogens is 945 g/mol. The Morgan fingerprint density at radius 1 is 0.405 bits per heavy atom. The van der Waals surface area contributed by atoms with Crippen molar-refractivity contribution < 1.29 is 19.7 Å². The number of hydrogen-bond donors (Lipinski definition) is 2. The molecule has 0 bridgehead atoms. The van der Waals surface area contributed by atoms with Crippen LogP contribution in [0.5, 0.6) is 11.5 Å². The number of benzene rings is 2. The maximum absolute atomic E-state index is 11.9. The van der Waals surface area contributed by atoms with E-state index in [0.717, 1.165) is 71.9 Å². The molecule has 2 rings (SSSR count). The Labute approximate surface area is 469 Å². The molecule has 4 nitrogen and oxygen atoms in total. The van der Waals surface area contributed by atoms with E-state index < -0.39 is 5.41 Å². The Morgan fingerprint density at radius 3 is 0.905 bits per heavy atom. The summed E-state index contributed by atoms with van der Waals surface area (Å²) in [6, 6.07) is 8.90. The number of rotatable bonds is 38. The molecule has 0 spiro atoms. The van der Waals surface area contributed by atoms with Gasteiger partial charge in [-0.05, 0) is 112 Å². The first-order chi connectivity index (χ1) is 34.8. The zero-order valence-corrected chi connectivity index (χ0v) is 52.9. The molecule has 2 aromatic rings. The molecule has 0 aliphatic rings. The summed E-state index contributed by atoms with van der Waals surface area (Å²) in [7, 11) is 0. The lowest BCUT2D eigenvalue weighted by atomic mass is 9.70. The highest BCUT2D eigenvalue weighted by molar-refractivity contribution is 7.80. The lowest BCUT2D eigenvalue weighted by Crippen LogP contribution is -2.45. The Kier molecular flexibility index (Phi) is 31.8. The highest BCUT2D eigenvalue weighted by Crippen LogP contribution is 2.45. The number of phenolic OH excluding ortho intramolecular Hbond substituents is 2. The van der Waals surface area contributed by atoms with Gasteiger partial charge >= 0.3 is 0 Å². The second kappa shape index (κ2) is 34.6. The lowest BCUT2D eigenvalue weighted by Gasteiger charge is -2.40. The van der Waals surface area contributed by atoms with Gasteiger partial charge in [0.25, 0.3) is 0 Å². The van der Waals surface area contributed by atoms with Crippen LogP contribution in [0.2, 0.25) is 0 Å². The van der Waals surface area contributed by atoms with Gasteiger partial charge in [-0.3, -0.25) is 0 Å². The van der Waals surface area contributed by atoms with Gasteiger partial charge in [0.05, 0.1) is 6.61 Å². The van der Waals surface area contributed by atoms with Crippen molar-refractivity contribution in [1.29, 1.82) is 0 Å². The zero-order chi connectivity index (χ0) is 55.4. The Hall–Kier alpha value is -2.18. The highest BCUT2D eigenvalue weighted by Gasteiger charge is 2.42. The van der Waals surface area contributed by atoms with Crippen molar-refractivity contribution in [2.75, 3.05) is 6.61 Å². The van der Waals surface area contributed by atoms with Crippen LogP contribution in [-0.2, 0) is 44.0 Å². The number of phenols is 2. The lowest BCUT2D eigenvalue weighted by molar-refractivity contribution is 0.00653. The Morgan fingerprint density at radius 2 is 0.649 bits per heavy atom. The summed E-state index contributed by atoms with van der Waals surface area (Å²) in [5.41, 5.74) is 4.28. The fourth-order valence-corrected chi connectivity index (χ4v) is 11.4. The molecule has 2 N–H and O–H groups in total. The smallest absolute Gasteiger partial charge is 0.160 e. The summed E-state index contributed by atoms with van der Waals surface area (Å²) in [5.74, 6) is 0.763. The number of ether oxygens (including phenoxy) is 2. The Bertz CT molecular complexity index is 1710. The van der Waals surface area contributed by atoms with Crippen LogP contribution in [0.4, 0.5) is 0 Å². The van der Waals surface area contributed by atoms with Gasteiger partial charge in [0, 0.05) is 18.3 Å². The summed E-state index contributed by atoms with van der Waals surface area (Å²) in [6.07, 6.45) is 39.4. The van der Waals surface area contributed by atoms with Crippen molar-refractivity contribution in [3.8, 4) is 11.5 Å². The zero-order valence-electron chi connectivity index (χ0n) is 51.2. The summed E-state index contributed by atoms with van der Waals surface area (Å²) >= 11 is 12.3. The summed E-state index contributed by atoms with van der Waals surface area (Å²) in [6.45, 7) is 33.4. The van der Waals surface area contributed by atoms with Gasteiger partial charge in [-0.2, -0.15) is 0 Å². The number of thiocarbonyl (C=S) groups is 2. The molecular formula is C68H118O4S2. The van der Waals surface area contributed by atoms with E-state index in [0.29, 0.717) is 41.0 Å². The van der Waals surface area contributed by atoms with E-state index in [4.69, 9.17) is 33.9 Å². The minimum Gasteiger partial charge on any atom is -0.507 e. The van der Waals surface area contributed by atoms with E-state index in [-0.39, 0.29) is 27.8 Å². The van der Waals surface area contributed by atoms with Crippen LogP contribution in [-0.4, -0.2) is 33.0 Å². The average Bonchev–Trinajstić information content (AvgIpc) is 3.30. The SMILES string of the molecule is CCCCCCCCCCCCCCCCC(=S)OCC(Cc1cc(C(C)(C)C)c(O)c(C(C)(C)C)c1)(Cc1cc(C(C)(C)C)c(O)c(C(C)(C)C)c1)C(C)OC(=S)CCCCCCCCCCCCCCCC. The molecule has 74 heavy (non-hydrogen) atoms. The molecule has 0 radical (unpaired) electrons. The molecule has 0 aliphatic heterocycles. The largest absolute Gasteiger partial charge is 0.507 e. The third kappa shape index (κ3) is 26.4. The summed E-state index contributed by atoms with van der Waals surface area (Å²) in [4.78, 5) is 0. The van der Waals surface area contributed by atoms with E-state index in [1.165, 1.54) is 154 Å². The molecule has 6 heteroatoms. The Balaban J connectivity index is 2.44. The summed E-state index contributed by atoms with van der Waals surface area (Å²) in [5, 5.41) is 25.1. The van der Waals surface area contributed by atoms with Crippen LogP contribution < -0.4 is 0 Å². The van der Waals surface area contributed by atoms with Crippen molar-refractivity contribution in [3.05, 3.63) is 57.6 Å². The third-order valence-electron chi connectivity index (χ3n) is 15.8. The molecule has 1 atom stereocenters. The molecule has 0 amide bonds. The number of hydrogen-bond acceptors (Lipinski definition) is 6. The molecule has 0 aromatic heterocycles. The average molecular weight is 1060 g/mol. The van der Waals surface area contributed by atoms with Gasteiger partial charge in [-0.15, -0.1) is 0 Å². The monoisotopic (exact) mass is 1060 g/mol. The molecule has 2 aromatic carbocycles. The predicted molar refractivity (Wildman–Crippen MR) is 332 cm³/mol. The van der Waals surface area contributed by atoms with Crippen molar-refractivity contribution in [1.82, 2.24) is 0 Å². The second-order valence-electron chi connectivity index (χ2n) is 27.3. The van der Waals surface area contributed by atoms with E-state index in [2.05, 4.69) is 128 Å². The molecule has 1 unspecified atom stereocenters. The van der Waals surface area contributed by atoms with E-state index in [1.54, 1.807) is 0 Å². The fraction of sp³-hybridized carbons (Fsp3) is 0.794. The molecule has 426 valence electrons. The van der Waals surface area contributed by atoms with Crippen molar-refractivity contribution in [2.45, 2.75) is 337 Å². The molecule has 0 saturated carbocycles. The first-order valence-corrected chi connectivity index (χ1v) is 31.7. The first-order valence-electron chi connectivity index (χ1n) is 30.9. The van der Waals surface area contributed by atoms with Crippen LogP contribution in [0, 0.1) is 5.41 Å². The van der Waals surface area contributed by atoms with Crippen LogP contribution in [0.1, 0.15) is 330 Å². The highest BCUT2D eigenvalue weighted by atomic mass is 32.1. The molecule has 0 saturated heterocycles. The van der Waals surface area contributed by atoms with Crippen LogP contribution >= 0.6 is 24.4 Å². The van der Waals surface area contributed by atoms with Crippen molar-refractivity contribution in [3.63, 3.8) is 0 Å². The van der Waals surface area contributed by atoms with Gasteiger partial charge in [0.1, 0.15) is 17.6 Å². The maximum Gasteiger partial charge on any atom is 0.160 e. The van der Waals surface area contributed by atoms with Crippen LogP contribution in [0.25, 0.3) is 0 Å². The van der Waals surface area contributed by atoms with Gasteiger partial charge in [0.15, 0.2) is 10.1 Å². The van der Waals surface area contributed by atoms with E-state index in [9.17, 15) is 10.2 Å². The van der Waals surface area contributed by atoms with Gasteiger partial charge in [-0.25, -0.2) is 0 Å². The molecule has 0 aliphatic carbocycles. The standard InChI is InChI=1S/C68H118O4S2/c1-16-18-20-22-24-26-28-30-32-34-36-38-40-42-44-60(73)71-52-68(50-54-46-56(64(4,5)6)62(69)57(47-54)65(7,8)9,51-55-48-58(66(10,11)12)63(70)59(49-55)67(13,14)15)53(3)72-61(74)45-43-41-39-37-35-33-31-29-27-25-23-21-19-17-2/h46-49,53,69-70H,16-45,50-52H2,1-15H3. The first kappa shape index (κ1) is 67.9. The number of aromatic hydroxyl groups is 2. The quantitative estimate of drug-likeness (QED) is 0.0516. The predicted octanol–water partition coefficient (Wildman–Crippen LogP) is 21.9. The van der Waals surface area contributed by atoms with E-state index >= 15 is 0 Å². The topological polar surface area (TPSA) is 58.9 Å². The summed E-state index contributed by atoms with van der Waals surface area (Å²) < 4.78 is 13.9. The van der Waals surface area contributed by atoms with Gasteiger partial charge in [-0.1, -0.05) is 288 Å². The van der Waals surface area contributed by atoms with Crippen LogP contribution in [0.3, 0.4) is 0 Å². The fourth-order valence-electron chi connectivity index (χ4n) is 10.9. The van der Waals surface area contributed by atoms with Crippen molar-refractivity contribution in [2.24, 2.45) is 5.41 Å². The normalized spacial score (nSPS) is 13.1.